The fraction of sp³-hybridized carbons (Fsp3) is 0.250. The average Bonchev–Trinajstić information content (AvgIpc) is 2.14. The summed E-state index contributed by atoms with van der Waals surface area (Å²) in [5.74, 6) is 0. The number of nitrogens with zero attached hydrogens (tertiary/aromatic N) is 3. The molecule has 0 atom stereocenters. The molecule has 0 radical (unpaired) electrons. The van der Waals surface area contributed by atoms with Crippen molar-refractivity contribution < 1.29 is 13.0 Å². The van der Waals surface area contributed by atoms with Gasteiger partial charge in [0, 0.05) is 14.1 Å². The highest BCUT2D eigenvalue weighted by molar-refractivity contribution is 7.85. The largest absolute Gasteiger partial charge is 0.744 e. The fourth-order valence-electron chi connectivity index (χ4n) is 0.821. The van der Waals surface area contributed by atoms with Gasteiger partial charge in [-0.2, -0.15) is 0 Å². The smallest absolute Gasteiger partial charge is 0.124 e. The lowest BCUT2D eigenvalue weighted by Gasteiger charge is -2.06. The first kappa shape index (κ1) is 11.6. The Hall–Kier alpha value is -1.47. The van der Waals surface area contributed by atoms with Crippen LogP contribution in [-0.4, -0.2) is 32.1 Å². The van der Waals surface area contributed by atoms with Gasteiger partial charge in [-0.05, 0) is 24.3 Å². The lowest BCUT2D eigenvalue weighted by Crippen LogP contribution is -1.99. The molecule has 1 aromatic rings. The molecular formula is C8H10N3O3S-. The average molecular weight is 228 g/mol. The topological polar surface area (TPSA) is 85.2 Å². The molecule has 0 unspecified atom stereocenters. The van der Waals surface area contributed by atoms with Crippen LogP contribution in [0.3, 0.4) is 0 Å². The molecule has 1 aromatic carbocycles. The Labute approximate surface area is 88.0 Å². The molecule has 0 fully saturated rings. The first-order chi connectivity index (χ1) is 6.89. The third kappa shape index (κ3) is 3.64. The van der Waals surface area contributed by atoms with Crippen LogP contribution in [-0.2, 0) is 10.1 Å². The molecule has 0 aliphatic rings. The Balaban J connectivity index is 2.91. The van der Waals surface area contributed by atoms with Crippen LogP contribution in [0.15, 0.2) is 39.5 Å². The molecule has 15 heavy (non-hydrogen) atoms. The van der Waals surface area contributed by atoms with Crippen molar-refractivity contribution >= 4 is 15.8 Å². The Kier molecular flexibility index (Phi) is 3.38. The molecule has 0 heterocycles. The zero-order chi connectivity index (χ0) is 11.5. The SMILES string of the molecule is CN(C)N=Nc1ccc(S(=O)(=O)[O-])cc1. The van der Waals surface area contributed by atoms with Crippen LogP contribution in [0, 0.1) is 0 Å². The Morgan fingerprint density at radius 1 is 1.20 bits per heavy atom. The predicted octanol–water partition coefficient (Wildman–Crippen LogP) is 1.15. The summed E-state index contributed by atoms with van der Waals surface area (Å²) in [5, 5.41) is 9.00. The Morgan fingerprint density at radius 3 is 2.13 bits per heavy atom. The van der Waals surface area contributed by atoms with E-state index in [9.17, 15) is 13.0 Å². The second kappa shape index (κ2) is 4.37. The van der Waals surface area contributed by atoms with Crippen LogP contribution >= 0.6 is 0 Å². The van der Waals surface area contributed by atoms with Gasteiger partial charge in [-0.25, -0.2) is 8.42 Å². The van der Waals surface area contributed by atoms with E-state index in [0.717, 1.165) is 0 Å². The summed E-state index contributed by atoms with van der Waals surface area (Å²) in [6.45, 7) is 0. The van der Waals surface area contributed by atoms with Crippen LogP contribution in [0.4, 0.5) is 5.69 Å². The minimum atomic E-state index is -4.38. The minimum absolute atomic E-state index is 0.272. The second-order valence-electron chi connectivity index (χ2n) is 2.98. The van der Waals surface area contributed by atoms with Crippen LogP contribution in [0.2, 0.25) is 0 Å². The molecule has 7 heteroatoms. The van der Waals surface area contributed by atoms with Gasteiger partial charge in [0.05, 0.1) is 10.6 Å². The maximum Gasteiger partial charge on any atom is 0.124 e. The Morgan fingerprint density at radius 2 is 1.73 bits per heavy atom. The predicted molar refractivity (Wildman–Crippen MR) is 52.6 cm³/mol. The zero-order valence-electron chi connectivity index (χ0n) is 8.28. The van der Waals surface area contributed by atoms with Crippen molar-refractivity contribution in [2.75, 3.05) is 14.1 Å². The van der Waals surface area contributed by atoms with E-state index in [1.54, 1.807) is 14.1 Å². The summed E-state index contributed by atoms with van der Waals surface area (Å²) in [5.41, 5.74) is 0.483. The van der Waals surface area contributed by atoms with Crippen molar-refractivity contribution in [2.24, 2.45) is 10.3 Å². The quantitative estimate of drug-likeness (QED) is 0.441. The van der Waals surface area contributed by atoms with Gasteiger partial charge >= 0.3 is 0 Å². The first-order valence-electron chi connectivity index (χ1n) is 4.04. The second-order valence-corrected chi connectivity index (χ2v) is 4.36. The number of hydrogen-bond acceptors (Lipinski definition) is 5. The molecular weight excluding hydrogens is 218 g/mol. The lowest BCUT2D eigenvalue weighted by molar-refractivity contribution is 0.408. The van der Waals surface area contributed by atoms with E-state index in [-0.39, 0.29) is 4.90 Å². The van der Waals surface area contributed by atoms with Gasteiger partial charge < -0.3 is 4.55 Å². The normalized spacial score (nSPS) is 11.9. The maximum atomic E-state index is 10.6. The van der Waals surface area contributed by atoms with Crippen molar-refractivity contribution in [3.63, 3.8) is 0 Å². The van der Waals surface area contributed by atoms with Gasteiger partial charge in [-0.1, -0.05) is 5.22 Å². The molecule has 0 bridgehead atoms. The molecule has 0 saturated carbocycles. The van der Waals surface area contributed by atoms with Gasteiger partial charge in [0.15, 0.2) is 0 Å². The van der Waals surface area contributed by atoms with Crippen LogP contribution in [0.25, 0.3) is 0 Å². The molecule has 1 rings (SSSR count). The molecule has 82 valence electrons. The van der Waals surface area contributed by atoms with E-state index in [4.69, 9.17) is 0 Å². The zero-order valence-corrected chi connectivity index (χ0v) is 9.10. The fourth-order valence-corrected chi connectivity index (χ4v) is 1.29. The van der Waals surface area contributed by atoms with Gasteiger partial charge in [0.25, 0.3) is 0 Å². The molecule has 0 saturated heterocycles. The molecule has 0 N–H and O–H groups in total. The third-order valence-corrected chi connectivity index (χ3v) is 2.31. The minimum Gasteiger partial charge on any atom is -0.744 e. The number of benzene rings is 1. The van der Waals surface area contributed by atoms with E-state index >= 15 is 0 Å². The summed E-state index contributed by atoms with van der Waals surface area (Å²) < 4.78 is 31.8. The van der Waals surface area contributed by atoms with Crippen molar-refractivity contribution in [2.45, 2.75) is 4.90 Å². The third-order valence-electron chi connectivity index (χ3n) is 1.46. The summed E-state index contributed by atoms with van der Waals surface area (Å²) in [4.78, 5) is -0.272. The van der Waals surface area contributed by atoms with E-state index in [2.05, 4.69) is 10.3 Å². The standard InChI is InChI=1S/C8H11N3O3S/c1-11(2)10-9-7-3-5-8(6-4-7)15(12,13)14/h3-6H,1-2H3,(H,12,13,14)/p-1. The number of hydrogen-bond donors (Lipinski definition) is 0. The molecule has 0 aliphatic carbocycles. The summed E-state index contributed by atoms with van der Waals surface area (Å²) >= 11 is 0. The molecule has 0 spiro atoms. The van der Waals surface area contributed by atoms with Crippen LogP contribution in [0.5, 0.6) is 0 Å². The summed E-state index contributed by atoms with van der Waals surface area (Å²) in [6, 6.07) is 5.23. The van der Waals surface area contributed by atoms with Crippen LogP contribution < -0.4 is 0 Å². The monoisotopic (exact) mass is 228 g/mol. The van der Waals surface area contributed by atoms with E-state index in [1.807, 2.05) is 0 Å². The molecule has 6 nitrogen and oxygen atoms in total. The lowest BCUT2D eigenvalue weighted by atomic mass is 10.3. The molecule has 0 aliphatic heterocycles. The van der Waals surface area contributed by atoms with E-state index in [0.29, 0.717) is 5.69 Å². The summed E-state index contributed by atoms with van der Waals surface area (Å²) in [6.07, 6.45) is 0. The highest BCUT2D eigenvalue weighted by Crippen LogP contribution is 2.16. The van der Waals surface area contributed by atoms with Gasteiger partial charge in [-0.3, -0.25) is 5.01 Å². The van der Waals surface area contributed by atoms with Crippen molar-refractivity contribution in [1.82, 2.24) is 5.01 Å². The van der Waals surface area contributed by atoms with Crippen LogP contribution in [0.1, 0.15) is 0 Å². The molecule has 0 aromatic heterocycles. The van der Waals surface area contributed by atoms with E-state index in [1.165, 1.54) is 29.3 Å². The highest BCUT2D eigenvalue weighted by Gasteiger charge is 1.99. The van der Waals surface area contributed by atoms with Crippen molar-refractivity contribution in [3.05, 3.63) is 24.3 Å². The first-order valence-corrected chi connectivity index (χ1v) is 5.45. The highest BCUT2D eigenvalue weighted by atomic mass is 32.2. The summed E-state index contributed by atoms with van der Waals surface area (Å²) in [7, 11) is -0.967. The molecule has 0 amide bonds. The van der Waals surface area contributed by atoms with Gasteiger partial charge in [-0.15, -0.1) is 5.11 Å². The van der Waals surface area contributed by atoms with Crippen molar-refractivity contribution in [1.29, 1.82) is 0 Å². The van der Waals surface area contributed by atoms with Gasteiger partial charge in [0.1, 0.15) is 10.1 Å². The van der Waals surface area contributed by atoms with Gasteiger partial charge in [0.2, 0.25) is 0 Å². The Bertz CT molecular complexity index is 451. The maximum absolute atomic E-state index is 10.6. The number of rotatable bonds is 3. The van der Waals surface area contributed by atoms with Crippen molar-refractivity contribution in [3.8, 4) is 0 Å². The van der Waals surface area contributed by atoms with E-state index < -0.39 is 10.1 Å².